The van der Waals surface area contributed by atoms with E-state index in [9.17, 15) is 0 Å². The van der Waals surface area contributed by atoms with E-state index in [1.807, 2.05) is 94.9 Å². The van der Waals surface area contributed by atoms with Gasteiger partial charge in [-0.15, -0.1) is 0 Å². The third-order valence-electron chi connectivity index (χ3n) is 4.91. The summed E-state index contributed by atoms with van der Waals surface area (Å²) < 4.78 is 43.7. The lowest BCUT2D eigenvalue weighted by Gasteiger charge is -2.09. The minimum atomic E-state index is -5.17. The normalized spacial score (nSPS) is 11.5. The third-order valence-corrected chi connectivity index (χ3v) is 6.58. The van der Waals surface area contributed by atoms with Crippen molar-refractivity contribution in [3.63, 3.8) is 0 Å². The number of benzene rings is 2. The molecule has 4 rings (SSSR count). The van der Waals surface area contributed by atoms with Crippen LogP contribution >= 0.6 is 22.7 Å². The average Bonchev–Trinajstić information content (AvgIpc) is 3.53. The predicted octanol–water partition coefficient (Wildman–Crippen LogP) is 4.49. The Morgan fingerprint density at radius 3 is 1.43 bits per heavy atom. The van der Waals surface area contributed by atoms with Gasteiger partial charge in [-0.25, -0.2) is 9.13 Å². The van der Waals surface area contributed by atoms with E-state index in [4.69, 9.17) is 22.3 Å². The van der Waals surface area contributed by atoms with Gasteiger partial charge >= 0.3 is 10.3 Å². The van der Waals surface area contributed by atoms with Crippen LogP contribution in [-0.4, -0.2) is 43.8 Å². The van der Waals surface area contributed by atoms with Crippen LogP contribution in [0.3, 0.4) is 0 Å². The van der Waals surface area contributed by atoms with Gasteiger partial charge in [-0.1, -0.05) is 0 Å². The minimum absolute atomic E-state index is 0.623. The second kappa shape index (κ2) is 15.8. The highest BCUT2D eigenvalue weighted by Crippen LogP contribution is 2.21. The van der Waals surface area contributed by atoms with Crippen molar-refractivity contribution in [2.24, 2.45) is 34.6 Å². The standard InChI is InChI=1S/C24H26N8OS2.H2O4S/c1-31-13-17-34-23(31)29-27-21-7-3-19(4-8-21)25-11-15-33-16-12-26-20-5-9-22(10-6-20)28-30-24-32(2)14-18-35-24;1-5(2,3)4/h3-10,13-14,17-18H,11-12,15-16H2,1-2H3;(H2,1,2,3,4). The number of ether oxygens (including phenoxy) is 1. The van der Waals surface area contributed by atoms with E-state index in [-0.39, 0.29) is 0 Å². The number of anilines is 2. The van der Waals surface area contributed by atoms with Gasteiger partial charge in [-0.05, 0) is 81.4 Å². The number of rotatable bonds is 12. The van der Waals surface area contributed by atoms with Crippen LogP contribution in [0, 0.1) is 0 Å². The zero-order valence-corrected chi connectivity index (χ0v) is 24.2. The molecule has 0 aliphatic rings. The minimum Gasteiger partial charge on any atom is -0.759 e. The molecule has 0 atom stereocenters. The first-order chi connectivity index (χ1) is 19.2. The molecule has 16 heteroatoms. The quantitative estimate of drug-likeness (QED) is 0.0788. The summed E-state index contributed by atoms with van der Waals surface area (Å²) in [5.74, 6) is 0. The van der Waals surface area contributed by atoms with Gasteiger partial charge in [0, 0.05) is 45.6 Å². The van der Waals surface area contributed by atoms with Crippen LogP contribution in [0.2, 0.25) is 0 Å². The monoisotopic (exact) mass is 604 g/mol. The maximum atomic E-state index is 8.52. The van der Waals surface area contributed by atoms with Gasteiger partial charge in [0.25, 0.3) is 0 Å². The average molecular weight is 605 g/mol. The molecule has 2 heterocycles. The number of azo groups is 2. The summed E-state index contributed by atoms with van der Waals surface area (Å²) in [6.45, 7) is 2.70. The van der Waals surface area contributed by atoms with Gasteiger partial charge in [0.1, 0.15) is 23.8 Å². The highest BCUT2D eigenvalue weighted by molar-refractivity contribution is 7.79. The molecule has 212 valence electrons. The predicted molar refractivity (Wildman–Crippen MR) is 150 cm³/mol. The van der Waals surface area contributed by atoms with Crippen molar-refractivity contribution in [2.45, 2.75) is 0 Å². The Morgan fingerprint density at radius 2 is 1.10 bits per heavy atom. The van der Waals surface area contributed by atoms with Crippen LogP contribution in [0.5, 0.6) is 0 Å². The van der Waals surface area contributed by atoms with Crippen LogP contribution in [-0.2, 0) is 29.2 Å². The highest BCUT2D eigenvalue weighted by Gasteiger charge is 2.08. The van der Waals surface area contributed by atoms with Crippen LogP contribution < -0.4 is 19.8 Å². The van der Waals surface area contributed by atoms with E-state index in [0.29, 0.717) is 13.2 Å². The molecule has 0 unspecified atom stereocenters. The van der Waals surface area contributed by atoms with Crippen LogP contribution in [0.1, 0.15) is 0 Å². The number of aromatic nitrogens is 2. The molecule has 0 radical (unpaired) electrons. The molecular weight excluding hydrogens is 577 g/mol. The van der Waals surface area contributed by atoms with Gasteiger partial charge in [0.05, 0.1) is 37.5 Å². The van der Waals surface area contributed by atoms with E-state index in [1.165, 1.54) is 0 Å². The molecule has 0 saturated heterocycles. The van der Waals surface area contributed by atoms with E-state index < -0.39 is 10.4 Å². The van der Waals surface area contributed by atoms with E-state index in [1.54, 1.807) is 22.7 Å². The van der Waals surface area contributed by atoms with Gasteiger partial charge in [0.15, 0.2) is 0 Å². The van der Waals surface area contributed by atoms with Crippen molar-refractivity contribution < 1.29 is 31.4 Å². The molecule has 0 amide bonds. The van der Waals surface area contributed by atoms with Crippen molar-refractivity contribution in [1.82, 2.24) is 0 Å². The van der Waals surface area contributed by atoms with Crippen LogP contribution in [0.15, 0.2) is 92.1 Å². The molecule has 2 aromatic heterocycles. The zero-order chi connectivity index (χ0) is 28.8. The lowest BCUT2D eigenvalue weighted by molar-refractivity contribution is -0.654. The van der Waals surface area contributed by atoms with Crippen molar-refractivity contribution >= 4 is 66.1 Å². The molecular formula is C24H28N8O5S3. The molecule has 2 N–H and O–H groups in total. The van der Waals surface area contributed by atoms with Crippen molar-refractivity contribution in [3.8, 4) is 0 Å². The summed E-state index contributed by atoms with van der Waals surface area (Å²) in [4.78, 5) is 0. The SMILES string of the molecule is C[n+]1ccsc1N=Nc1ccc(NCCOCCNc2ccc(N=Nc3scc[n+]3C)cc2)cc1.O=S(=O)([O-])[O-]. The lowest BCUT2D eigenvalue weighted by Crippen LogP contribution is -2.23. The van der Waals surface area contributed by atoms with E-state index >= 15 is 0 Å². The second-order valence-corrected chi connectivity index (χ2v) is 10.5. The number of aryl methyl sites for hydroxylation is 2. The maximum Gasteiger partial charge on any atom is 0.408 e. The molecule has 0 aliphatic heterocycles. The van der Waals surface area contributed by atoms with Crippen molar-refractivity contribution in [2.75, 3.05) is 36.9 Å². The molecule has 0 saturated carbocycles. The number of hydrogen-bond acceptors (Lipinski definition) is 13. The molecule has 40 heavy (non-hydrogen) atoms. The number of hydrogen-bond donors (Lipinski definition) is 2. The van der Waals surface area contributed by atoms with Gasteiger partial charge in [0.2, 0.25) is 0 Å². The Balaban J connectivity index is 0.000000810. The number of thiazole rings is 2. The molecule has 0 bridgehead atoms. The van der Waals surface area contributed by atoms with Gasteiger partial charge in [-0.3, -0.25) is 8.42 Å². The topological polar surface area (TPSA) is 171 Å². The highest BCUT2D eigenvalue weighted by atomic mass is 32.3. The van der Waals surface area contributed by atoms with E-state index in [2.05, 4.69) is 31.1 Å². The molecule has 2 aromatic carbocycles. The van der Waals surface area contributed by atoms with E-state index in [0.717, 1.165) is 46.1 Å². The summed E-state index contributed by atoms with van der Waals surface area (Å²) in [7, 11) is -1.26. The number of nitrogens with zero attached hydrogens (tertiary/aromatic N) is 6. The fourth-order valence-electron chi connectivity index (χ4n) is 2.98. The van der Waals surface area contributed by atoms with Crippen LogP contribution in [0.25, 0.3) is 0 Å². The fraction of sp³-hybridized carbons (Fsp3) is 0.250. The molecule has 0 spiro atoms. The Bertz CT molecular complexity index is 1380. The maximum absolute atomic E-state index is 8.52. The summed E-state index contributed by atoms with van der Waals surface area (Å²) in [6, 6.07) is 15.8. The zero-order valence-electron chi connectivity index (χ0n) is 21.7. The first kappa shape index (κ1) is 30.9. The lowest BCUT2D eigenvalue weighted by atomic mass is 10.3. The van der Waals surface area contributed by atoms with Crippen molar-refractivity contribution in [1.29, 1.82) is 0 Å². The Hall–Kier alpha value is -3.67. The Kier molecular flexibility index (Phi) is 12.2. The molecule has 4 aromatic rings. The number of nitrogens with one attached hydrogen (secondary N) is 2. The first-order valence-corrected chi connectivity index (χ1v) is 14.9. The molecule has 0 fully saturated rings. The molecule has 0 aliphatic carbocycles. The van der Waals surface area contributed by atoms with Crippen molar-refractivity contribution in [3.05, 3.63) is 71.7 Å². The fourth-order valence-corrected chi connectivity index (χ4v) is 4.34. The summed E-state index contributed by atoms with van der Waals surface area (Å²) in [6.07, 6.45) is 3.92. The largest absolute Gasteiger partial charge is 0.759 e. The Morgan fingerprint density at radius 1 is 0.725 bits per heavy atom. The molecule has 13 nitrogen and oxygen atoms in total. The summed E-state index contributed by atoms with van der Waals surface area (Å²) in [5.41, 5.74) is 3.69. The van der Waals surface area contributed by atoms with Gasteiger partial charge < -0.3 is 24.5 Å². The first-order valence-electron chi connectivity index (χ1n) is 11.8. The second-order valence-electron chi connectivity index (χ2n) is 7.96. The smallest absolute Gasteiger partial charge is 0.408 e. The van der Waals surface area contributed by atoms with Gasteiger partial charge in [-0.2, -0.15) is 0 Å². The summed E-state index contributed by atoms with van der Waals surface area (Å²) in [5, 5.41) is 29.5. The van der Waals surface area contributed by atoms with Crippen LogP contribution in [0.4, 0.5) is 33.0 Å². The third kappa shape index (κ3) is 12.0. The Labute approximate surface area is 240 Å². The summed E-state index contributed by atoms with van der Waals surface area (Å²) >= 11 is 3.11.